The minimum atomic E-state index is -0.757. The van der Waals surface area contributed by atoms with E-state index in [0.717, 1.165) is 6.07 Å². The van der Waals surface area contributed by atoms with Gasteiger partial charge in [0.05, 0.1) is 40.6 Å². The fourth-order valence-corrected chi connectivity index (χ4v) is 3.93. The second-order valence-electron chi connectivity index (χ2n) is 7.78. The number of anilines is 2. The maximum absolute atomic E-state index is 15.0. The van der Waals surface area contributed by atoms with Gasteiger partial charge < -0.3 is 21.1 Å². The molecule has 3 aromatic carbocycles. The molecular formula is C24H16ClF2N7O3. The number of amides is 3. The summed E-state index contributed by atoms with van der Waals surface area (Å²) < 4.78 is 35.1. The highest BCUT2D eigenvalue weighted by atomic mass is 35.5. The Hall–Kier alpha value is -4.84. The molecule has 5 aromatic rings. The highest BCUT2D eigenvalue weighted by Gasteiger charge is 2.18. The van der Waals surface area contributed by atoms with E-state index in [2.05, 4.69) is 25.8 Å². The van der Waals surface area contributed by atoms with E-state index in [9.17, 15) is 18.4 Å². The van der Waals surface area contributed by atoms with Crippen molar-refractivity contribution in [1.82, 2.24) is 19.6 Å². The Bertz CT molecular complexity index is 1720. The molecule has 0 aliphatic carbocycles. The van der Waals surface area contributed by atoms with Crippen molar-refractivity contribution in [3.63, 3.8) is 0 Å². The molecule has 5 rings (SSSR count). The van der Waals surface area contributed by atoms with Gasteiger partial charge in [0.15, 0.2) is 11.5 Å². The molecule has 37 heavy (non-hydrogen) atoms. The number of methoxy groups -OCH3 is 1. The maximum Gasteiger partial charge on any atom is 0.323 e. The highest BCUT2D eigenvalue weighted by molar-refractivity contribution is 6.31. The summed E-state index contributed by atoms with van der Waals surface area (Å²) in [6.45, 7) is 0. The second-order valence-corrected chi connectivity index (χ2v) is 8.19. The van der Waals surface area contributed by atoms with Gasteiger partial charge in [0.25, 0.3) is 5.91 Å². The molecular weight excluding hydrogens is 508 g/mol. The number of rotatable bonds is 5. The van der Waals surface area contributed by atoms with Crippen molar-refractivity contribution in [2.75, 3.05) is 17.7 Å². The molecule has 3 amide bonds. The Kier molecular flexibility index (Phi) is 6.01. The van der Waals surface area contributed by atoms with Crippen LogP contribution in [0.1, 0.15) is 10.4 Å². The van der Waals surface area contributed by atoms with Crippen LogP contribution in [0.2, 0.25) is 5.02 Å². The number of nitrogens with one attached hydrogen (secondary N) is 2. The zero-order chi connectivity index (χ0) is 26.3. The molecule has 2 aromatic heterocycles. The van der Waals surface area contributed by atoms with Crippen molar-refractivity contribution in [3.05, 3.63) is 76.9 Å². The second kappa shape index (κ2) is 9.32. The van der Waals surface area contributed by atoms with Gasteiger partial charge in [-0.3, -0.25) is 14.2 Å². The first-order chi connectivity index (χ1) is 17.7. The van der Waals surface area contributed by atoms with Crippen molar-refractivity contribution >= 4 is 51.6 Å². The van der Waals surface area contributed by atoms with Crippen molar-refractivity contribution < 1.29 is 23.1 Å². The van der Waals surface area contributed by atoms with Crippen LogP contribution in [0.3, 0.4) is 0 Å². The quantitative estimate of drug-likeness (QED) is 0.307. The minimum Gasteiger partial charge on any atom is -0.496 e. The number of carbonyl (C=O) groups excluding carboxylic acids is 2. The Balaban J connectivity index is 1.49. The van der Waals surface area contributed by atoms with Crippen molar-refractivity contribution in [2.45, 2.75) is 0 Å². The number of halogens is 3. The summed E-state index contributed by atoms with van der Waals surface area (Å²) in [7, 11) is 1.41. The number of hydrogen-bond donors (Lipinski definition) is 3. The average Bonchev–Trinajstić information content (AvgIpc) is 3.31. The predicted octanol–water partition coefficient (Wildman–Crippen LogP) is 4.63. The number of nitrogens with two attached hydrogens (primary N) is 1. The highest BCUT2D eigenvalue weighted by Crippen LogP contribution is 2.29. The van der Waals surface area contributed by atoms with Gasteiger partial charge in [0.2, 0.25) is 0 Å². The smallest absolute Gasteiger partial charge is 0.323 e. The fourth-order valence-electron chi connectivity index (χ4n) is 3.75. The maximum atomic E-state index is 15.0. The van der Waals surface area contributed by atoms with Crippen molar-refractivity contribution in [3.8, 4) is 17.1 Å². The largest absolute Gasteiger partial charge is 0.496 e. The molecule has 0 fully saturated rings. The molecule has 0 aliphatic heterocycles. The fraction of sp³-hybridized carbons (Fsp3) is 0.0417. The van der Waals surface area contributed by atoms with Crippen LogP contribution in [0.5, 0.6) is 5.75 Å². The van der Waals surface area contributed by atoms with Crippen LogP contribution < -0.4 is 21.1 Å². The van der Waals surface area contributed by atoms with Gasteiger partial charge in [-0.2, -0.15) is 0 Å². The van der Waals surface area contributed by atoms with Gasteiger partial charge in [-0.25, -0.2) is 13.6 Å². The summed E-state index contributed by atoms with van der Waals surface area (Å²) in [6.07, 6.45) is 1.47. The summed E-state index contributed by atoms with van der Waals surface area (Å²) in [6, 6.07) is 10.00. The first-order valence-corrected chi connectivity index (χ1v) is 11.0. The number of nitrogens with zero attached hydrogens (tertiary/aromatic N) is 4. The zero-order valence-electron chi connectivity index (χ0n) is 18.9. The number of fused-ring (bicyclic) bond motifs is 3. The molecule has 2 heterocycles. The Morgan fingerprint density at radius 2 is 1.84 bits per heavy atom. The summed E-state index contributed by atoms with van der Waals surface area (Å²) >= 11 is 5.71. The third kappa shape index (κ3) is 4.45. The first-order valence-electron chi connectivity index (χ1n) is 10.6. The van der Waals surface area contributed by atoms with Crippen LogP contribution in [0.25, 0.3) is 28.1 Å². The van der Waals surface area contributed by atoms with Gasteiger partial charge in [-0.15, -0.1) is 10.2 Å². The lowest BCUT2D eigenvalue weighted by Crippen LogP contribution is -2.20. The lowest BCUT2D eigenvalue weighted by atomic mass is 10.1. The predicted molar refractivity (Wildman–Crippen MR) is 133 cm³/mol. The van der Waals surface area contributed by atoms with E-state index in [1.165, 1.54) is 49.7 Å². The molecule has 4 N–H and O–H groups in total. The normalized spacial score (nSPS) is 11.0. The van der Waals surface area contributed by atoms with E-state index >= 15 is 0 Å². The third-order valence-corrected chi connectivity index (χ3v) is 5.75. The third-order valence-electron chi connectivity index (χ3n) is 5.46. The molecule has 0 spiro atoms. The van der Waals surface area contributed by atoms with E-state index in [1.807, 2.05) is 0 Å². The van der Waals surface area contributed by atoms with Crippen LogP contribution >= 0.6 is 11.6 Å². The summed E-state index contributed by atoms with van der Waals surface area (Å²) in [4.78, 5) is 28.6. The molecule has 0 radical (unpaired) electrons. The van der Waals surface area contributed by atoms with E-state index < -0.39 is 23.6 Å². The van der Waals surface area contributed by atoms with Crippen LogP contribution in [-0.2, 0) is 0 Å². The molecule has 186 valence electrons. The first kappa shape index (κ1) is 23.9. The van der Waals surface area contributed by atoms with Gasteiger partial charge in [-0.05, 0) is 42.5 Å². The Morgan fingerprint density at radius 1 is 1.03 bits per heavy atom. The van der Waals surface area contributed by atoms with E-state index in [1.54, 1.807) is 10.5 Å². The monoisotopic (exact) mass is 523 g/mol. The minimum absolute atomic E-state index is 0.115. The Labute approximate surface area is 212 Å². The standard InChI is InChI=1S/C24H16ClF2N7O3/c1-37-20-9-18-19(8-13(20)22(28)35)34-21(10-29-18)32-33-23(34)11-2-5-17(16(27)6-11)31-24(36)30-12-3-4-15(26)14(25)7-12/h2-10H,1H3,(H2,28,35)(H2,30,31,36). The lowest BCUT2D eigenvalue weighted by Gasteiger charge is -2.11. The summed E-state index contributed by atoms with van der Waals surface area (Å²) in [5.74, 6) is -1.57. The molecule has 0 aliphatic rings. The van der Waals surface area contributed by atoms with Gasteiger partial charge in [0.1, 0.15) is 17.4 Å². The van der Waals surface area contributed by atoms with Gasteiger partial charge in [0, 0.05) is 17.3 Å². The summed E-state index contributed by atoms with van der Waals surface area (Å²) in [5.41, 5.74) is 7.34. The number of aromatic nitrogens is 4. The van der Waals surface area contributed by atoms with Gasteiger partial charge in [-0.1, -0.05) is 11.6 Å². The van der Waals surface area contributed by atoms with Crippen LogP contribution in [0.4, 0.5) is 25.0 Å². The average molecular weight is 524 g/mol. The van der Waals surface area contributed by atoms with Crippen LogP contribution in [0, 0.1) is 11.6 Å². The van der Waals surface area contributed by atoms with E-state index in [0.29, 0.717) is 22.2 Å². The van der Waals surface area contributed by atoms with Crippen molar-refractivity contribution in [1.29, 1.82) is 0 Å². The Morgan fingerprint density at radius 3 is 2.54 bits per heavy atom. The van der Waals surface area contributed by atoms with Crippen LogP contribution in [0.15, 0.2) is 54.7 Å². The molecule has 0 bridgehead atoms. The van der Waals surface area contributed by atoms with E-state index in [-0.39, 0.29) is 33.5 Å². The number of primary amides is 1. The van der Waals surface area contributed by atoms with Gasteiger partial charge >= 0.3 is 6.03 Å². The number of ether oxygens (including phenoxy) is 1. The topological polar surface area (TPSA) is 137 Å². The molecule has 13 heteroatoms. The SMILES string of the molecule is COc1cc2ncc3nnc(-c4ccc(NC(=O)Nc5ccc(F)c(Cl)c5)c(F)c4)n3c2cc1C(N)=O. The molecule has 10 nitrogen and oxygen atoms in total. The number of benzene rings is 3. The van der Waals surface area contributed by atoms with E-state index in [4.69, 9.17) is 22.1 Å². The molecule has 0 saturated heterocycles. The number of carbonyl (C=O) groups is 2. The van der Waals surface area contributed by atoms with Crippen LogP contribution in [-0.4, -0.2) is 38.6 Å². The number of urea groups is 1. The zero-order valence-corrected chi connectivity index (χ0v) is 19.7. The molecule has 0 atom stereocenters. The van der Waals surface area contributed by atoms with Crippen molar-refractivity contribution in [2.24, 2.45) is 5.73 Å². The number of hydrogen-bond acceptors (Lipinski definition) is 6. The molecule has 0 unspecified atom stereocenters. The lowest BCUT2D eigenvalue weighted by molar-refractivity contribution is 0.0997. The summed E-state index contributed by atoms with van der Waals surface area (Å²) in [5, 5.41) is 12.9. The molecule has 0 saturated carbocycles.